The number of amides is 1. The van der Waals surface area contributed by atoms with Crippen molar-refractivity contribution in [2.24, 2.45) is 0 Å². The zero-order valence-corrected chi connectivity index (χ0v) is 12.5. The van der Waals surface area contributed by atoms with E-state index in [2.05, 4.69) is 10.8 Å². The van der Waals surface area contributed by atoms with Crippen LogP contribution >= 0.6 is 0 Å². The summed E-state index contributed by atoms with van der Waals surface area (Å²) in [5.41, 5.74) is 1.84. The van der Waals surface area contributed by atoms with Crippen molar-refractivity contribution >= 4 is 17.6 Å². The van der Waals surface area contributed by atoms with Gasteiger partial charge in [-0.25, -0.2) is 4.79 Å². The molecule has 0 radical (unpaired) electrons. The molecule has 2 atom stereocenters. The SMILES string of the molecule is COC(=O)C(C)N1C(=O)c2c(cccc2N(C)C)C1C#N. The minimum absolute atomic E-state index is 0.321. The van der Waals surface area contributed by atoms with Crippen molar-refractivity contribution in [3.05, 3.63) is 29.3 Å². The monoisotopic (exact) mass is 287 g/mol. The maximum atomic E-state index is 12.7. The number of carbonyl (C=O) groups excluding carboxylic acids is 2. The lowest BCUT2D eigenvalue weighted by molar-refractivity contribution is -0.145. The van der Waals surface area contributed by atoms with Crippen LogP contribution in [0.5, 0.6) is 0 Å². The van der Waals surface area contributed by atoms with E-state index in [1.165, 1.54) is 12.0 Å². The first kappa shape index (κ1) is 14.9. The van der Waals surface area contributed by atoms with Gasteiger partial charge in [0.25, 0.3) is 5.91 Å². The van der Waals surface area contributed by atoms with E-state index in [1.54, 1.807) is 19.1 Å². The molecule has 1 aliphatic heterocycles. The molecule has 2 rings (SSSR count). The highest BCUT2D eigenvalue weighted by atomic mass is 16.5. The summed E-state index contributed by atoms with van der Waals surface area (Å²) in [5, 5.41) is 9.42. The number of methoxy groups -OCH3 is 1. The topological polar surface area (TPSA) is 73.6 Å². The maximum Gasteiger partial charge on any atom is 0.328 e. The van der Waals surface area contributed by atoms with Gasteiger partial charge in [-0.1, -0.05) is 12.1 Å². The van der Waals surface area contributed by atoms with Crippen molar-refractivity contribution in [3.63, 3.8) is 0 Å². The van der Waals surface area contributed by atoms with Crippen LogP contribution in [0.4, 0.5) is 5.69 Å². The molecule has 0 saturated carbocycles. The van der Waals surface area contributed by atoms with Gasteiger partial charge < -0.3 is 14.5 Å². The van der Waals surface area contributed by atoms with E-state index in [1.807, 2.05) is 25.1 Å². The van der Waals surface area contributed by atoms with Crippen LogP contribution in [-0.2, 0) is 9.53 Å². The molecule has 2 unspecified atom stereocenters. The van der Waals surface area contributed by atoms with Gasteiger partial charge >= 0.3 is 5.97 Å². The van der Waals surface area contributed by atoms with Gasteiger partial charge in [0.05, 0.1) is 18.7 Å². The third-order valence-electron chi connectivity index (χ3n) is 3.66. The lowest BCUT2D eigenvalue weighted by atomic mass is 10.0. The standard InChI is InChI=1S/C15H17N3O3/c1-9(15(20)21-4)18-12(8-16)10-6-5-7-11(17(2)3)13(10)14(18)19/h5-7,9,12H,1-4H3. The summed E-state index contributed by atoms with van der Waals surface area (Å²) >= 11 is 0. The van der Waals surface area contributed by atoms with Crippen molar-refractivity contribution in [3.8, 4) is 6.07 Å². The first-order valence-corrected chi connectivity index (χ1v) is 6.54. The van der Waals surface area contributed by atoms with Gasteiger partial charge in [0.15, 0.2) is 0 Å². The molecule has 0 spiro atoms. The molecule has 0 bridgehead atoms. The molecule has 0 saturated heterocycles. The van der Waals surface area contributed by atoms with Crippen LogP contribution in [0.3, 0.4) is 0 Å². The number of anilines is 1. The lowest BCUT2D eigenvalue weighted by Gasteiger charge is -2.25. The van der Waals surface area contributed by atoms with E-state index in [9.17, 15) is 14.9 Å². The fraction of sp³-hybridized carbons (Fsp3) is 0.400. The molecular weight excluding hydrogens is 270 g/mol. The Hall–Kier alpha value is -2.55. The summed E-state index contributed by atoms with van der Waals surface area (Å²) in [6, 6.07) is 5.89. The van der Waals surface area contributed by atoms with Crippen LogP contribution in [0.25, 0.3) is 0 Å². The van der Waals surface area contributed by atoms with Crippen LogP contribution in [0, 0.1) is 11.3 Å². The molecule has 1 heterocycles. The third kappa shape index (κ3) is 2.21. The second-order valence-corrected chi connectivity index (χ2v) is 5.08. The number of esters is 1. The Morgan fingerprint density at radius 3 is 2.67 bits per heavy atom. The summed E-state index contributed by atoms with van der Waals surface area (Å²) in [6.45, 7) is 1.56. The fourth-order valence-electron chi connectivity index (χ4n) is 2.60. The van der Waals surface area contributed by atoms with Gasteiger partial charge in [-0.2, -0.15) is 5.26 Å². The van der Waals surface area contributed by atoms with Crippen LogP contribution < -0.4 is 4.90 Å². The van der Waals surface area contributed by atoms with Gasteiger partial charge in [0.2, 0.25) is 0 Å². The summed E-state index contributed by atoms with van der Waals surface area (Å²) < 4.78 is 4.69. The minimum Gasteiger partial charge on any atom is -0.467 e. The zero-order valence-electron chi connectivity index (χ0n) is 12.5. The fourth-order valence-corrected chi connectivity index (χ4v) is 2.60. The lowest BCUT2D eigenvalue weighted by Crippen LogP contribution is -2.41. The largest absolute Gasteiger partial charge is 0.467 e. The van der Waals surface area contributed by atoms with Gasteiger partial charge in [0.1, 0.15) is 12.1 Å². The number of hydrogen-bond acceptors (Lipinski definition) is 5. The zero-order chi connectivity index (χ0) is 15.7. The van der Waals surface area contributed by atoms with E-state index < -0.39 is 18.1 Å². The Kier molecular flexibility index (Phi) is 3.85. The molecule has 0 fully saturated rings. The Morgan fingerprint density at radius 2 is 2.14 bits per heavy atom. The van der Waals surface area contributed by atoms with Gasteiger partial charge in [-0.05, 0) is 13.0 Å². The Bertz CT molecular complexity index is 634. The third-order valence-corrected chi connectivity index (χ3v) is 3.66. The smallest absolute Gasteiger partial charge is 0.328 e. The molecule has 110 valence electrons. The van der Waals surface area contributed by atoms with Crippen LogP contribution in [0.15, 0.2) is 18.2 Å². The summed E-state index contributed by atoms with van der Waals surface area (Å²) in [7, 11) is 4.92. The minimum atomic E-state index is -0.811. The Morgan fingerprint density at radius 1 is 1.48 bits per heavy atom. The molecule has 6 nitrogen and oxygen atoms in total. The first-order chi connectivity index (χ1) is 9.93. The summed E-state index contributed by atoms with van der Waals surface area (Å²) in [4.78, 5) is 27.5. The number of rotatable bonds is 3. The number of nitriles is 1. The number of nitrogens with zero attached hydrogens (tertiary/aromatic N) is 3. The average molecular weight is 287 g/mol. The Labute approximate surface area is 123 Å². The quantitative estimate of drug-likeness (QED) is 0.784. The molecule has 21 heavy (non-hydrogen) atoms. The van der Waals surface area contributed by atoms with Crippen LogP contribution in [-0.4, -0.2) is 44.0 Å². The van der Waals surface area contributed by atoms with Gasteiger partial charge in [-0.15, -0.1) is 0 Å². The van der Waals surface area contributed by atoms with Crippen molar-refractivity contribution in [2.45, 2.75) is 19.0 Å². The van der Waals surface area contributed by atoms with Crippen molar-refractivity contribution < 1.29 is 14.3 Å². The molecule has 1 aromatic carbocycles. The Balaban J connectivity index is 2.56. The van der Waals surface area contributed by atoms with Gasteiger partial charge in [0, 0.05) is 25.3 Å². The van der Waals surface area contributed by atoms with Crippen LogP contribution in [0.2, 0.25) is 0 Å². The number of fused-ring (bicyclic) bond motifs is 1. The highest BCUT2D eigenvalue weighted by Crippen LogP contribution is 2.39. The molecule has 1 aliphatic rings. The first-order valence-electron chi connectivity index (χ1n) is 6.54. The normalized spacial score (nSPS) is 18.0. The molecule has 1 aromatic rings. The van der Waals surface area contributed by atoms with Crippen LogP contribution in [0.1, 0.15) is 28.9 Å². The summed E-state index contributed by atoms with van der Waals surface area (Å²) in [6.07, 6.45) is 0. The molecule has 0 aliphatic carbocycles. The number of carbonyl (C=O) groups is 2. The van der Waals surface area contributed by atoms with E-state index in [0.717, 1.165) is 5.69 Å². The number of benzene rings is 1. The maximum absolute atomic E-state index is 12.7. The molecule has 6 heteroatoms. The van der Waals surface area contributed by atoms with E-state index in [4.69, 9.17) is 0 Å². The second-order valence-electron chi connectivity index (χ2n) is 5.08. The molecular formula is C15H17N3O3. The van der Waals surface area contributed by atoms with Crippen molar-refractivity contribution in [1.29, 1.82) is 5.26 Å². The predicted octanol–water partition coefficient (Wildman–Crippen LogP) is 1.33. The predicted molar refractivity (Wildman–Crippen MR) is 76.8 cm³/mol. The second kappa shape index (κ2) is 5.44. The van der Waals surface area contributed by atoms with E-state index in [-0.39, 0.29) is 5.91 Å². The van der Waals surface area contributed by atoms with Gasteiger partial charge in [-0.3, -0.25) is 4.79 Å². The molecule has 1 amide bonds. The highest BCUT2D eigenvalue weighted by molar-refractivity contribution is 6.06. The molecule has 0 N–H and O–H groups in total. The summed E-state index contributed by atoms with van der Waals surface area (Å²) in [5.74, 6) is -0.860. The van der Waals surface area contributed by atoms with Crippen molar-refractivity contribution in [1.82, 2.24) is 4.90 Å². The number of hydrogen-bond donors (Lipinski definition) is 0. The highest BCUT2D eigenvalue weighted by Gasteiger charge is 2.43. The van der Waals surface area contributed by atoms with Crippen molar-refractivity contribution in [2.75, 3.05) is 26.1 Å². The average Bonchev–Trinajstić information content (AvgIpc) is 2.77. The molecule has 0 aromatic heterocycles. The number of ether oxygens (including phenoxy) is 1. The van der Waals surface area contributed by atoms with E-state index in [0.29, 0.717) is 11.1 Å². The van der Waals surface area contributed by atoms with E-state index >= 15 is 0 Å².